The first-order chi connectivity index (χ1) is 8.27. The first-order valence-corrected chi connectivity index (χ1v) is 7.14. The van der Waals surface area contributed by atoms with E-state index in [-0.39, 0.29) is 10.6 Å². The van der Waals surface area contributed by atoms with Crippen LogP contribution in [0.5, 0.6) is 0 Å². The van der Waals surface area contributed by atoms with E-state index >= 15 is 0 Å². The molecule has 1 unspecified atom stereocenters. The van der Waals surface area contributed by atoms with Gasteiger partial charge >= 0.3 is 0 Å². The molecule has 1 aliphatic heterocycles. The molecule has 0 spiro atoms. The predicted molar refractivity (Wildman–Crippen MR) is 73.8 cm³/mol. The maximum absolute atomic E-state index is 12.1. The number of piperidine rings is 1. The smallest absolute Gasteiger partial charge is 0.177 e. The molecule has 0 amide bonds. The molecule has 17 heavy (non-hydrogen) atoms. The minimum absolute atomic E-state index is 0.0806. The molecule has 2 rings (SSSR count). The van der Waals surface area contributed by atoms with E-state index in [9.17, 15) is 4.79 Å². The first kappa shape index (κ1) is 12.8. The molecule has 1 atom stereocenters. The number of ketones is 1. The summed E-state index contributed by atoms with van der Waals surface area (Å²) in [5, 5.41) is 0. The van der Waals surface area contributed by atoms with Gasteiger partial charge in [-0.3, -0.25) is 4.79 Å². The van der Waals surface area contributed by atoms with E-state index in [2.05, 4.69) is 20.8 Å². The summed E-state index contributed by atoms with van der Waals surface area (Å²) in [5.41, 5.74) is 0.798. The predicted octanol–water partition coefficient (Wildman–Crippen LogP) is 3.12. The summed E-state index contributed by atoms with van der Waals surface area (Å²) in [4.78, 5) is 14.4. The van der Waals surface area contributed by atoms with Gasteiger partial charge in [0.2, 0.25) is 0 Å². The van der Waals surface area contributed by atoms with Gasteiger partial charge < -0.3 is 4.90 Å². The zero-order chi connectivity index (χ0) is 12.1. The van der Waals surface area contributed by atoms with Crippen molar-refractivity contribution in [3.05, 3.63) is 35.9 Å². The molecule has 1 aromatic carbocycles. The van der Waals surface area contributed by atoms with Crippen molar-refractivity contribution in [2.24, 2.45) is 0 Å². The van der Waals surface area contributed by atoms with Gasteiger partial charge in [0.1, 0.15) is 0 Å². The van der Waals surface area contributed by atoms with Gasteiger partial charge in [0.15, 0.2) is 5.78 Å². The Morgan fingerprint density at radius 1 is 1.18 bits per heavy atom. The SMILES string of the molecule is O=C(c1ccccc1)C(Br)CN1CCCCC1. The number of carbonyl (C=O) groups excluding carboxylic acids is 1. The molecule has 1 aromatic rings. The molecular formula is C14H18BrNO. The van der Waals surface area contributed by atoms with Gasteiger partial charge in [0.25, 0.3) is 0 Å². The number of halogens is 1. The molecule has 92 valence electrons. The van der Waals surface area contributed by atoms with Crippen molar-refractivity contribution >= 4 is 21.7 Å². The number of benzene rings is 1. The van der Waals surface area contributed by atoms with Crippen molar-refractivity contribution in [2.45, 2.75) is 24.1 Å². The molecule has 3 heteroatoms. The van der Waals surface area contributed by atoms with Crippen LogP contribution < -0.4 is 0 Å². The molecule has 1 heterocycles. The monoisotopic (exact) mass is 295 g/mol. The average molecular weight is 296 g/mol. The Bertz CT molecular complexity index is 360. The van der Waals surface area contributed by atoms with Crippen LogP contribution in [0.3, 0.4) is 0 Å². The van der Waals surface area contributed by atoms with Crippen molar-refractivity contribution in [3.63, 3.8) is 0 Å². The molecule has 0 aliphatic carbocycles. The van der Waals surface area contributed by atoms with Gasteiger partial charge in [-0.05, 0) is 25.9 Å². The average Bonchev–Trinajstić information content (AvgIpc) is 2.40. The van der Waals surface area contributed by atoms with Crippen molar-refractivity contribution < 1.29 is 4.79 Å². The second kappa shape index (κ2) is 6.31. The number of likely N-dealkylation sites (tertiary alicyclic amines) is 1. The molecule has 1 saturated heterocycles. The molecule has 0 radical (unpaired) electrons. The van der Waals surface area contributed by atoms with Crippen molar-refractivity contribution in [1.29, 1.82) is 0 Å². The fourth-order valence-electron chi connectivity index (χ4n) is 2.23. The summed E-state index contributed by atoms with van der Waals surface area (Å²) in [6, 6.07) is 9.52. The number of alkyl halides is 1. The van der Waals surface area contributed by atoms with E-state index in [4.69, 9.17) is 0 Å². The van der Waals surface area contributed by atoms with Crippen LogP contribution in [0.25, 0.3) is 0 Å². The zero-order valence-corrected chi connectivity index (χ0v) is 11.5. The minimum atomic E-state index is -0.0806. The van der Waals surface area contributed by atoms with E-state index < -0.39 is 0 Å². The lowest BCUT2D eigenvalue weighted by Gasteiger charge is -2.27. The third kappa shape index (κ3) is 3.65. The fourth-order valence-corrected chi connectivity index (χ4v) is 2.91. The molecule has 0 aromatic heterocycles. The van der Waals surface area contributed by atoms with Crippen LogP contribution in [-0.4, -0.2) is 35.1 Å². The highest BCUT2D eigenvalue weighted by Gasteiger charge is 2.20. The van der Waals surface area contributed by atoms with Crippen molar-refractivity contribution in [1.82, 2.24) is 4.90 Å². The maximum Gasteiger partial charge on any atom is 0.177 e. The van der Waals surface area contributed by atoms with Crippen molar-refractivity contribution in [2.75, 3.05) is 19.6 Å². The topological polar surface area (TPSA) is 20.3 Å². The van der Waals surface area contributed by atoms with E-state index in [0.29, 0.717) is 0 Å². The number of carbonyl (C=O) groups is 1. The molecule has 0 bridgehead atoms. The van der Waals surface area contributed by atoms with Crippen LogP contribution >= 0.6 is 15.9 Å². The van der Waals surface area contributed by atoms with E-state index in [1.165, 1.54) is 19.3 Å². The highest BCUT2D eigenvalue weighted by atomic mass is 79.9. The lowest BCUT2D eigenvalue weighted by molar-refractivity contribution is 0.0970. The Balaban J connectivity index is 1.91. The second-order valence-electron chi connectivity index (χ2n) is 4.56. The molecule has 1 aliphatic rings. The fraction of sp³-hybridized carbons (Fsp3) is 0.500. The number of nitrogens with zero attached hydrogens (tertiary/aromatic N) is 1. The molecule has 0 saturated carbocycles. The highest BCUT2D eigenvalue weighted by molar-refractivity contribution is 9.10. The van der Waals surface area contributed by atoms with Gasteiger partial charge in [-0.25, -0.2) is 0 Å². The third-order valence-corrected chi connectivity index (χ3v) is 3.92. The van der Waals surface area contributed by atoms with E-state index in [1.807, 2.05) is 30.3 Å². The number of hydrogen-bond acceptors (Lipinski definition) is 2. The maximum atomic E-state index is 12.1. The first-order valence-electron chi connectivity index (χ1n) is 6.23. The largest absolute Gasteiger partial charge is 0.302 e. The highest BCUT2D eigenvalue weighted by Crippen LogP contribution is 2.15. The number of Topliss-reactive ketones (excluding diaryl/α,β-unsaturated/α-hetero) is 1. The molecule has 0 N–H and O–H groups in total. The van der Waals surface area contributed by atoms with Gasteiger partial charge in [0.05, 0.1) is 4.83 Å². The number of hydrogen-bond donors (Lipinski definition) is 0. The number of rotatable bonds is 4. The lowest BCUT2D eigenvalue weighted by Crippen LogP contribution is -2.37. The summed E-state index contributed by atoms with van der Waals surface area (Å²) < 4.78 is 0. The summed E-state index contributed by atoms with van der Waals surface area (Å²) >= 11 is 3.52. The Morgan fingerprint density at radius 2 is 1.82 bits per heavy atom. The van der Waals surface area contributed by atoms with Crippen LogP contribution in [0.15, 0.2) is 30.3 Å². The Kier molecular flexibility index (Phi) is 4.75. The van der Waals surface area contributed by atoms with Crippen LogP contribution in [0.2, 0.25) is 0 Å². The Labute approximate surface area is 111 Å². The van der Waals surface area contributed by atoms with E-state index in [1.54, 1.807) is 0 Å². The van der Waals surface area contributed by atoms with Crippen LogP contribution in [-0.2, 0) is 0 Å². The minimum Gasteiger partial charge on any atom is -0.302 e. The Hall–Kier alpha value is -0.670. The Morgan fingerprint density at radius 3 is 2.47 bits per heavy atom. The summed E-state index contributed by atoms with van der Waals surface area (Å²) in [6.07, 6.45) is 3.86. The normalized spacial score (nSPS) is 18.9. The van der Waals surface area contributed by atoms with Crippen LogP contribution in [0, 0.1) is 0 Å². The molecule has 2 nitrogen and oxygen atoms in total. The third-order valence-electron chi connectivity index (χ3n) is 3.21. The summed E-state index contributed by atoms with van der Waals surface area (Å²) in [5.74, 6) is 0.191. The molecular weight excluding hydrogens is 278 g/mol. The van der Waals surface area contributed by atoms with Crippen LogP contribution in [0.1, 0.15) is 29.6 Å². The van der Waals surface area contributed by atoms with Gasteiger partial charge in [0, 0.05) is 12.1 Å². The summed E-state index contributed by atoms with van der Waals surface area (Å²) in [6.45, 7) is 3.09. The van der Waals surface area contributed by atoms with Crippen LogP contribution in [0.4, 0.5) is 0 Å². The quantitative estimate of drug-likeness (QED) is 0.628. The van der Waals surface area contributed by atoms with Gasteiger partial charge in [-0.15, -0.1) is 0 Å². The van der Waals surface area contributed by atoms with Gasteiger partial charge in [-0.2, -0.15) is 0 Å². The summed E-state index contributed by atoms with van der Waals surface area (Å²) in [7, 11) is 0. The lowest BCUT2D eigenvalue weighted by atomic mass is 10.1. The van der Waals surface area contributed by atoms with E-state index in [0.717, 1.165) is 25.2 Å². The standard InChI is InChI=1S/C14H18BrNO/c15-13(11-16-9-5-2-6-10-16)14(17)12-7-3-1-4-8-12/h1,3-4,7-8,13H,2,5-6,9-11H2. The van der Waals surface area contributed by atoms with Gasteiger partial charge in [-0.1, -0.05) is 52.7 Å². The zero-order valence-electron chi connectivity index (χ0n) is 9.94. The second-order valence-corrected chi connectivity index (χ2v) is 5.66. The molecule has 1 fully saturated rings. The van der Waals surface area contributed by atoms with Crippen molar-refractivity contribution in [3.8, 4) is 0 Å².